The molecule has 0 aliphatic heterocycles. The van der Waals surface area contributed by atoms with E-state index in [4.69, 9.17) is 5.73 Å². The molecule has 2 aromatic rings. The van der Waals surface area contributed by atoms with E-state index in [9.17, 15) is 17.6 Å². The first-order valence-electron chi connectivity index (χ1n) is 6.14. The van der Waals surface area contributed by atoms with Gasteiger partial charge in [-0.3, -0.25) is 0 Å². The number of hydrogen-bond acceptors (Lipinski definition) is 3. The van der Waals surface area contributed by atoms with E-state index in [0.29, 0.717) is 11.1 Å². The molecule has 0 radical (unpaired) electrons. The average molecular weight is 299 g/mol. The first-order chi connectivity index (χ1) is 9.90. The van der Waals surface area contributed by atoms with Crippen molar-refractivity contribution in [3.05, 3.63) is 59.0 Å². The van der Waals surface area contributed by atoms with Crippen LogP contribution in [0.2, 0.25) is 0 Å². The molecule has 1 heterocycles. The van der Waals surface area contributed by atoms with Crippen LogP contribution in [0.1, 0.15) is 16.7 Å². The number of nitrogens with two attached hydrogens (primary N) is 1. The number of hydrogen-bond donors (Lipinski definition) is 2. The molecule has 3 nitrogen and oxygen atoms in total. The van der Waals surface area contributed by atoms with Gasteiger partial charge in [0.15, 0.2) is 0 Å². The van der Waals surface area contributed by atoms with Gasteiger partial charge in [0, 0.05) is 24.8 Å². The second-order valence-corrected chi connectivity index (χ2v) is 4.41. The van der Waals surface area contributed by atoms with Gasteiger partial charge in [-0.1, -0.05) is 12.1 Å². The largest absolute Gasteiger partial charge is 0.416 e. The summed E-state index contributed by atoms with van der Waals surface area (Å²) in [6.07, 6.45) is -3.38. The molecule has 2 rings (SSSR count). The van der Waals surface area contributed by atoms with Crippen LogP contribution in [-0.2, 0) is 19.3 Å². The van der Waals surface area contributed by atoms with Crippen LogP contribution in [0.25, 0.3) is 0 Å². The van der Waals surface area contributed by atoms with Gasteiger partial charge >= 0.3 is 6.18 Å². The highest BCUT2D eigenvalue weighted by Crippen LogP contribution is 2.30. The van der Waals surface area contributed by atoms with Gasteiger partial charge in [0.25, 0.3) is 0 Å². The van der Waals surface area contributed by atoms with Crippen LogP contribution in [0.15, 0.2) is 36.5 Å². The lowest BCUT2D eigenvalue weighted by Crippen LogP contribution is -2.08. The number of nitrogens with one attached hydrogen (secondary N) is 1. The molecule has 0 aliphatic carbocycles. The maximum atomic E-state index is 13.7. The van der Waals surface area contributed by atoms with Crippen LogP contribution in [0.4, 0.5) is 23.4 Å². The number of nitrogens with zero attached hydrogens (tertiary/aromatic N) is 1. The minimum absolute atomic E-state index is 0.0327. The SMILES string of the molecule is NCc1ccc(CNc2cc(C(F)(F)F)ccn2)c(F)c1. The Bertz CT molecular complexity index is 626. The zero-order valence-electron chi connectivity index (χ0n) is 10.9. The number of rotatable bonds is 4. The van der Waals surface area contributed by atoms with Crippen LogP contribution in [0, 0.1) is 5.82 Å². The maximum Gasteiger partial charge on any atom is 0.416 e. The van der Waals surface area contributed by atoms with Crippen LogP contribution in [-0.4, -0.2) is 4.98 Å². The summed E-state index contributed by atoms with van der Waals surface area (Å²) in [5, 5.41) is 2.67. The lowest BCUT2D eigenvalue weighted by atomic mass is 10.1. The van der Waals surface area contributed by atoms with Gasteiger partial charge in [0.05, 0.1) is 5.56 Å². The molecule has 0 amide bonds. The lowest BCUT2D eigenvalue weighted by molar-refractivity contribution is -0.137. The van der Waals surface area contributed by atoms with E-state index in [1.807, 2.05) is 0 Å². The number of aromatic nitrogens is 1. The van der Waals surface area contributed by atoms with Crippen molar-refractivity contribution in [3.8, 4) is 0 Å². The Kier molecular flexibility index (Phi) is 4.42. The summed E-state index contributed by atoms with van der Waals surface area (Å²) >= 11 is 0. The standard InChI is InChI=1S/C14H13F4N3/c15-12-5-9(7-19)1-2-10(12)8-21-13-6-11(3-4-20-13)14(16,17)18/h1-6H,7-8,19H2,(H,20,21). The molecule has 0 unspecified atom stereocenters. The van der Waals surface area contributed by atoms with Gasteiger partial charge in [-0.2, -0.15) is 13.2 Å². The summed E-state index contributed by atoms with van der Waals surface area (Å²) in [5.41, 5.74) is 5.56. The fraction of sp³-hybridized carbons (Fsp3) is 0.214. The fourth-order valence-electron chi connectivity index (χ4n) is 1.75. The number of alkyl halides is 3. The van der Waals surface area contributed by atoms with Crippen LogP contribution < -0.4 is 11.1 Å². The van der Waals surface area contributed by atoms with E-state index in [-0.39, 0.29) is 18.9 Å². The summed E-state index contributed by atoms with van der Waals surface area (Å²) in [6, 6.07) is 6.27. The molecule has 112 valence electrons. The third-order valence-electron chi connectivity index (χ3n) is 2.90. The Balaban J connectivity index is 2.10. The van der Waals surface area contributed by atoms with Gasteiger partial charge in [0.2, 0.25) is 0 Å². The second kappa shape index (κ2) is 6.09. The molecule has 0 saturated carbocycles. The third-order valence-corrected chi connectivity index (χ3v) is 2.90. The summed E-state index contributed by atoms with van der Waals surface area (Å²) in [4.78, 5) is 3.78. The number of halogens is 4. The van der Waals surface area contributed by atoms with Gasteiger partial charge in [-0.05, 0) is 23.8 Å². The van der Waals surface area contributed by atoms with E-state index in [1.54, 1.807) is 6.07 Å². The highest BCUT2D eigenvalue weighted by Gasteiger charge is 2.30. The van der Waals surface area contributed by atoms with E-state index in [1.165, 1.54) is 12.1 Å². The van der Waals surface area contributed by atoms with Gasteiger partial charge in [0.1, 0.15) is 11.6 Å². The first-order valence-corrected chi connectivity index (χ1v) is 6.14. The first kappa shape index (κ1) is 15.2. The molecule has 21 heavy (non-hydrogen) atoms. The molecule has 0 fully saturated rings. The van der Waals surface area contributed by atoms with Gasteiger partial charge in [-0.25, -0.2) is 9.37 Å². The van der Waals surface area contributed by atoms with Crippen LogP contribution in [0.5, 0.6) is 0 Å². The fourth-order valence-corrected chi connectivity index (χ4v) is 1.75. The van der Waals surface area contributed by atoms with E-state index in [0.717, 1.165) is 18.3 Å². The third kappa shape index (κ3) is 3.91. The number of anilines is 1. The lowest BCUT2D eigenvalue weighted by Gasteiger charge is -2.10. The molecule has 1 aromatic heterocycles. The van der Waals surface area contributed by atoms with Crippen molar-refractivity contribution in [2.24, 2.45) is 5.73 Å². The van der Waals surface area contributed by atoms with E-state index >= 15 is 0 Å². The topological polar surface area (TPSA) is 50.9 Å². The smallest absolute Gasteiger partial charge is 0.366 e. The van der Waals surface area contributed by atoms with Crippen molar-refractivity contribution in [3.63, 3.8) is 0 Å². The molecule has 0 atom stereocenters. The Labute approximate surface area is 118 Å². The quantitative estimate of drug-likeness (QED) is 0.852. The van der Waals surface area contributed by atoms with Gasteiger partial charge < -0.3 is 11.1 Å². The molecule has 7 heteroatoms. The summed E-state index contributed by atoms with van der Waals surface area (Å²) in [5.74, 6) is -0.426. The van der Waals surface area contributed by atoms with Crippen LogP contribution in [0.3, 0.4) is 0 Å². The van der Waals surface area contributed by atoms with Crippen molar-refractivity contribution in [2.75, 3.05) is 5.32 Å². The van der Waals surface area contributed by atoms with Gasteiger partial charge in [-0.15, -0.1) is 0 Å². The number of pyridine rings is 1. The van der Waals surface area contributed by atoms with Crippen molar-refractivity contribution < 1.29 is 17.6 Å². The molecular weight excluding hydrogens is 286 g/mol. The average Bonchev–Trinajstić information content (AvgIpc) is 2.45. The maximum absolute atomic E-state index is 13.7. The van der Waals surface area contributed by atoms with E-state index in [2.05, 4.69) is 10.3 Å². The molecule has 1 aromatic carbocycles. The van der Waals surface area contributed by atoms with Crippen molar-refractivity contribution in [2.45, 2.75) is 19.3 Å². The van der Waals surface area contributed by atoms with Crippen molar-refractivity contribution >= 4 is 5.82 Å². The summed E-state index contributed by atoms with van der Waals surface area (Å²) < 4.78 is 51.4. The minimum Gasteiger partial charge on any atom is -0.366 e. The predicted octanol–water partition coefficient (Wildman–Crippen LogP) is 3.31. The Morgan fingerprint density at radius 1 is 1.14 bits per heavy atom. The molecule has 0 aliphatic rings. The Morgan fingerprint density at radius 2 is 1.90 bits per heavy atom. The zero-order valence-corrected chi connectivity index (χ0v) is 10.9. The van der Waals surface area contributed by atoms with Crippen molar-refractivity contribution in [1.82, 2.24) is 4.98 Å². The molecule has 0 saturated heterocycles. The van der Waals surface area contributed by atoms with Crippen molar-refractivity contribution in [1.29, 1.82) is 0 Å². The monoisotopic (exact) mass is 299 g/mol. The predicted molar refractivity (Wildman–Crippen MR) is 70.9 cm³/mol. The highest BCUT2D eigenvalue weighted by molar-refractivity contribution is 5.39. The minimum atomic E-state index is -4.44. The normalized spacial score (nSPS) is 11.5. The molecule has 3 N–H and O–H groups in total. The molecule has 0 spiro atoms. The molecule has 0 bridgehead atoms. The second-order valence-electron chi connectivity index (χ2n) is 4.41. The van der Waals surface area contributed by atoms with Crippen LogP contribution >= 0.6 is 0 Å². The Hall–Kier alpha value is -2.15. The van der Waals surface area contributed by atoms with E-state index < -0.39 is 17.6 Å². The molecular formula is C14H13F4N3. The number of benzene rings is 1. The summed E-state index contributed by atoms with van der Waals surface area (Å²) in [6.45, 7) is 0.255. The Morgan fingerprint density at radius 3 is 2.52 bits per heavy atom. The highest BCUT2D eigenvalue weighted by atomic mass is 19.4. The summed E-state index contributed by atoms with van der Waals surface area (Å²) in [7, 11) is 0. The zero-order chi connectivity index (χ0) is 15.5.